The van der Waals surface area contributed by atoms with E-state index in [0.29, 0.717) is 17.6 Å². The van der Waals surface area contributed by atoms with Crippen molar-refractivity contribution < 1.29 is 9.53 Å². The molecular weight excluding hydrogens is 260 g/mol. The van der Waals surface area contributed by atoms with Crippen LogP contribution in [0.2, 0.25) is 0 Å². The average Bonchev–Trinajstić information content (AvgIpc) is 2.41. The van der Waals surface area contributed by atoms with E-state index in [1.54, 1.807) is 6.92 Å². The molecule has 1 fully saturated rings. The van der Waals surface area contributed by atoms with E-state index in [-0.39, 0.29) is 5.97 Å². The van der Waals surface area contributed by atoms with E-state index in [4.69, 9.17) is 4.74 Å². The van der Waals surface area contributed by atoms with E-state index in [2.05, 4.69) is 27.4 Å². The van der Waals surface area contributed by atoms with Gasteiger partial charge in [-0.1, -0.05) is 59.5 Å². The first-order valence-electron chi connectivity index (χ1n) is 8.63. The minimum atomic E-state index is -0.254. The number of unbranched alkanes of at least 4 members (excludes halogenated alkanes) is 2. The number of carbonyl (C=O) groups excluding carboxylic acids is 1. The smallest absolute Gasteiger partial charge is 0.333 e. The predicted molar refractivity (Wildman–Crippen MR) is 89.1 cm³/mol. The monoisotopic (exact) mass is 294 g/mol. The number of rotatable bonds is 7. The summed E-state index contributed by atoms with van der Waals surface area (Å²) in [5, 5.41) is 0. The number of ether oxygens (including phenoxy) is 1. The molecule has 1 rings (SSSR count). The lowest BCUT2D eigenvalue weighted by Gasteiger charge is -2.37. The van der Waals surface area contributed by atoms with Gasteiger partial charge >= 0.3 is 5.97 Å². The maximum atomic E-state index is 11.2. The zero-order valence-corrected chi connectivity index (χ0v) is 14.5. The lowest BCUT2D eigenvalue weighted by Crippen LogP contribution is -2.25. The van der Waals surface area contributed by atoms with Gasteiger partial charge in [-0.25, -0.2) is 4.79 Å². The van der Waals surface area contributed by atoms with Crippen LogP contribution in [0.5, 0.6) is 0 Å². The highest BCUT2D eigenvalue weighted by Gasteiger charge is 2.29. The second-order valence-electron chi connectivity index (χ2n) is 7.85. The van der Waals surface area contributed by atoms with E-state index in [1.807, 2.05) is 0 Å². The third-order valence-electron chi connectivity index (χ3n) is 4.91. The van der Waals surface area contributed by atoms with Gasteiger partial charge in [-0.15, -0.1) is 0 Å². The molecular formula is C19H34O2. The molecule has 0 aromatic heterocycles. The van der Waals surface area contributed by atoms with Crippen molar-refractivity contribution in [1.82, 2.24) is 0 Å². The SMILES string of the molecule is C=C(C)C(=O)OCCCCCC1CCC(C(C)(C)C)CC1. The molecule has 0 radical (unpaired) electrons. The zero-order valence-electron chi connectivity index (χ0n) is 14.5. The van der Waals surface area contributed by atoms with Crippen LogP contribution in [-0.2, 0) is 9.53 Å². The Morgan fingerprint density at radius 3 is 2.24 bits per heavy atom. The first-order valence-corrected chi connectivity index (χ1v) is 8.63. The van der Waals surface area contributed by atoms with Crippen molar-refractivity contribution in [3.63, 3.8) is 0 Å². The number of hydrogen-bond acceptors (Lipinski definition) is 2. The molecule has 0 aliphatic heterocycles. The van der Waals surface area contributed by atoms with Gasteiger partial charge in [0.2, 0.25) is 0 Å². The zero-order chi connectivity index (χ0) is 15.9. The maximum absolute atomic E-state index is 11.2. The molecule has 2 nitrogen and oxygen atoms in total. The van der Waals surface area contributed by atoms with Crippen LogP contribution in [0.4, 0.5) is 0 Å². The Morgan fingerprint density at radius 1 is 1.10 bits per heavy atom. The second kappa shape index (κ2) is 8.60. The number of hydrogen-bond donors (Lipinski definition) is 0. The molecule has 21 heavy (non-hydrogen) atoms. The van der Waals surface area contributed by atoms with Crippen LogP contribution >= 0.6 is 0 Å². The van der Waals surface area contributed by atoms with Crippen LogP contribution < -0.4 is 0 Å². The Hall–Kier alpha value is -0.790. The van der Waals surface area contributed by atoms with Gasteiger partial charge in [0.15, 0.2) is 0 Å². The fraction of sp³-hybridized carbons (Fsp3) is 0.842. The van der Waals surface area contributed by atoms with Crippen LogP contribution in [0.25, 0.3) is 0 Å². The molecule has 1 aliphatic carbocycles. The normalized spacial score (nSPS) is 22.9. The number of esters is 1. The largest absolute Gasteiger partial charge is 0.462 e. The van der Waals surface area contributed by atoms with Crippen molar-refractivity contribution >= 4 is 5.97 Å². The molecule has 0 aromatic rings. The van der Waals surface area contributed by atoms with Gasteiger partial charge in [0, 0.05) is 5.57 Å². The molecule has 0 amide bonds. The lowest BCUT2D eigenvalue weighted by molar-refractivity contribution is -0.139. The van der Waals surface area contributed by atoms with Gasteiger partial charge in [-0.2, -0.15) is 0 Å². The summed E-state index contributed by atoms with van der Waals surface area (Å²) in [5.74, 6) is 1.59. The van der Waals surface area contributed by atoms with Crippen LogP contribution in [0.1, 0.15) is 79.1 Å². The summed E-state index contributed by atoms with van der Waals surface area (Å²) in [6, 6.07) is 0. The van der Waals surface area contributed by atoms with Crippen molar-refractivity contribution in [2.45, 2.75) is 79.1 Å². The molecule has 1 saturated carbocycles. The average molecular weight is 294 g/mol. The van der Waals surface area contributed by atoms with Gasteiger partial charge in [0.25, 0.3) is 0 Å². The van der Waals surface area contributed by atoms with E-state index in [1.165, 1.54) is 44.9 Å². The summed E-state index contributed by atoms with van der Waals surface area (Å²) in [5.41, 5.74) is 0.976. The van der Waals surface area contributed by atoms with Gasteiger partial charge in [0.05, 0.1) is 6.61 Å². The first kappa shape index (κ1) is 18.3. The molecule has 0 saturated heterocycles. The van der Waals surface area contributed by atoms with Gasteiger partial charge in [-0.3, -0.25) is 0 Å². The highest BCUT2D eigenvalue weighted by Crippen LogP contribution is 2.41. The Morgan fingerprint density at radius 2 is 1.71 bits per heavy atom. The minimum Gasteiger partial charge on any atom is -0.462 e. The third-order valence-corrected chi connectivity index (χ3v) is 4.91. The molecule has 0 atom stereocenters. The summed E-state index contributed by atoms with van der Waals surface area (Å²) < 4.78 is 5.11. The van der Waals surface area contributed by atoms with Gasteiger partial charge in [0.1, 0.15) is 0 Å². The molecule has 1 aliphatic rings. The molecule has 122 valence electrons. The number of carbonyl (C=O) groups is 1. The fourth-order valence-corrected chi connectivity index (χ4v) is 3.32. The fourth-order valence-electron chi connectivity index (χ4n) is 3.32. The third kappa shape index (κ3) is 7.15. The summed E-state index contributed by atoms with van der Waals surface area (Å²) in [7, 11) is 0. The van der Waals surface area contributed by atoms with Crippen molar-refractivity contribution in [2.75, 3.05) is 6.61 Å². The van der Waals surface area contributed by atoms with E-state index in [0.717, 1.165) is 18.3 Å². The van der Waals surface area contributed by atoms with E-state index < -0.39 is 0 Å². The molecule has 0 aromatic carbocycles. The second-order valence-corrected chi connectivity index (χ2v) is 7.85. The first-order chi connectivity index (χ1) is 9.80. The highest BCUT2D eigenvalue weighted by molar-refractivity contribution is 5.86. The molecule has 0 unspecified atom stereocenters. The Bertz CT molecular complexity index is 330. The van der Waals surface area contributed by atoms with Crippen molar-refractivity contribution in [3.8, 4) is 0 Å². The maximum Gasteiger partial charge on any atom is 0.333 e. The van der Waals surface area contributed by atoms with E-state index >= 15 is 0 Å². The van der Waals surface area contributed by atoms with Crippen LogP contribution in [0.15, 0.2) is 12.2 Å². The van der Waals surface area contributed by atoms with Crippen molar-refractivity contribution in [3.05, 3.63) is 12.2 Å². The minimum absolute atomic E-state index is 0.254. The molecule has 0 bridgehead atoms. The van der Waals surface area contributed by atoms with Crippen LogP contribution in [-0.4, -0.2) is 12.6 Å². The van der Waals surface area contributed by atoms with E-state index in [9.17, 15) is 4.79 Å². The summed E-state index contributed by atoms with van der Waals surface area (Å²) in [6.07, 6.45) is 10.4. The summed E-state index contributed by atoms with van der Waals surface area (Å²) in [6.45, 7) is 13.0. The summed E-state index contributed by atoms with van der Waals surface area (Å²) >= 11 is 0. The molecule has 0 heterocycles. The topological polar surface area (TPSA) is 26.3 Å². The molecule has 0 N–H and O–H groups in total. The van der Waals surface area contributed by atoms with Crippen LogP contribution in [0, 0.1) is 17.3 Å². The Kier molecular flexibility index (Phi) is 7.48. The highest BCUT2D eigenvalue weighted by atomic mass is 16.5. The van der Waals surface area contributed by atoms with Crippen LogP contribution in [0.3, 0.4) is 0 Å². The Labute approximate surface area is 131 Å². The molecule has 2 heteroatoms. The Balaban J connectivity index is 2.02. The predicted octanol–water partition coefficient (Wildman–Crippen LogP) is 5.52. The lowest BCUT2D eigenvalue weighted by atomic mass is 9.69. The van der Waals surface area contributed by atoms with Gasteiger partial charge in [-0.05, 0) is 43.4 Å². The molecule has 0 spiro atoms. The quantitative estimate of drug-likeness (QED) is 0.351. The standard InChI is InChI=1S/C19H34O2/c1-15(2)18(20)21-14-8-6-7-9-16-10-12-17(13-11-16)19(3,4)5/h16-17H,1,6-14H2,2-5H3. The van der Waals surface area contributed by atoms with Gasteiger partial charge < -0.3 is 4.74 Å². The van der Waals surface area contributed by atoms with Crippen molar-refractivity contribution in [1.29, 1.82) is 0 Å². The summed E-state index contributed by atoms with van der Waals surface area (Å²) in [4.78, 5) is 11.2. The van der Waals surface area contributed by atoms with Crippen molar-refractivity contribution in [2.24, 2.45) is 17.3 Å².